The van der Waals surface area contributed by atoms with Crippen molar-refractivity contribution in [2.24, 2.45) is 11.7 Å². The van der Waals surface area contributed by atoms with Crippen LogP contribution in [0.25, 0.3) is 0 Å². The number of nitrogens with one attached hydrogen (secondary N) is 1. The van der Waals surface area contributed by atoms with Crippen LogP contribution < -0.4 is 11.2 Å². The largest absolute Gasteiger partial charge is 0.320 e. The van der Waals surface area contributed by atoms with Gasteiger partial charge in [0.2, 0.25) is 0 Å². The Morgan fingerprint density at radius 3 is 2.71 bits per heavy atom. The molecule has 0 radical (unpaired) electrons. The van der Waals surface area contributed by atoms with E-state index in [1.54, 1.807) is 0 Å². The van der Waals surface area contributed by atoms with Crippen LogP contribution >= 0.6 is 0 Å². The van der Waals surface area contributed by atoms with E-state index >= 15 is 0 Å². The van der Waals surface area contributed by atoms with E-state index in [0.717, 1.165) is 18.4 Å². The smallest absolute Gasteiger partial charge is 0.260 e. The van der Waals surface area contributed by atoms with Gasteiger partial charge in [0.15, 0.2) is 0 Å². The Bertz CT molecular complexity index is 363. The number of rotatable bonds is 5. The maximum absolute atomic E-state index is 11.6. The van der Waals surface area contributed by atoms with Gasteiger partial charge in [0.1, 0.15) is 0 Å². The highest BCUT2D eigenvalue weighted by Gasteiger charge is 2.29. The molecular weight excluding hydrogens is 216 g/mol. The fourth-order valence-electron chi connectivity index (χ4n) is 1.85. The molecule has 92 valence electrons. The first kappa shape index (κ1) is 12.1. The molecule has 1 fully saturated rings. The van der Waals surface area contributed by atoms with Crippen LogP contribution in [0.2, 0.25) is 0 Å². The van der Waals surface area contributed by atoms with Gasteiger partial charge in [-0.05, 0) is 24.3 Å². The molecule has 1 saturated carbocycles. The Hall–Kier alpha value is -1.39. The first-order chi connectivity index (χ1) is 8.27. The molecule has 0 aromatic heterocycles. The second-order valence-electron chi connectivity index (χ2n) is 4.46. The van der Waals surface area contributed by atoms with E-state index in [-0.39, 0.29) is 5.91 Å². The van der Waals surface area contributed by atoms with Gasteiger partial charge in [-0.15, -0.1) is 0 Å². The fraction of sp³-hybridized carbons (Fsp3) is 0.462. The van der Waals surface area contributed by atoms with Crippen LogP contribution in [-0.2, 0) is 16.2 Å². The predicted molar refractivity (Wildman–Crippen MR) is 64.7 cm³/mol. The van der Waals surface area contributed by atoms with Gasteiger partial charge in [-0.1, -0.05) is 36.8 Å². The molecule has 0 aliphatic heterocycles. The number of nitrogens with two attached hydrogens (primary N) is 1. The molecule has 0 bridgehead atoms. The van der Waals surface area contributed by atoms with Crippen LogP contribution in [0.1, 0.15) is 24.8 Å². The van der Waals surface area contributed by atoms with Crippen molar-refractivity contribution < 1.29 is 9.63 Å². The monoisotopic (exact) mass is 234 g/mol. The molecule has 1 atom stereocenters. The van der Waals surface area contributed by atoms with Crippen molar-refractivity contribution in [3.05, 3.63) is 35.9 Å². The third-order valence-corrected chi connectivity index (χ3v) is 3.21. The molecule has 1 aromatic carbocycles. The summed E-state index contributed by atoms with van der Waals surface area (Å²) >= 11 is 0. The van der Waals surface area contributed by atoms with E-state index < -0.39 is 6.04 Å². The lowest BCUT2D eigenvalue weighted by Gasteiger charge is -2.29. The highest BCUT2D eigenvalue weighted by atomic mass is 16.6. The standard InChI is InChI=1S/C13H18N2O2/c14-12(11-7-4-8-11)13(16)15-17-9-10-5-2-1-3-6-10/h1-3,5-6,11-12H,4,7-9,14H2,(H,15,16). The first-order valence-corrected chi connectivity index (χ1v) is 5.98. The number of hydrogen-bond donors (Lipinski definition) is 2. The number of benzene rings is 1. The van der Waals surface area contributed by atoms with E-state index in [4.69, 9.17) is 10.6 Å². The van der Waals surface area contributed by atoms with E-state index in [1.165, 1.54) is 6.42 Å². The maximum atomic E-state index is 11.6. The second-order valence-corrected chi connectivity index (χ2v) is 4.46. The Morgan fingerprint density at radius 1 is 1.41 bits per heavy atom. The van der Waals surface area contributed by atoms with Crippen molar-refractivity contribution in [2.75, 3.05) is 0 Å². The summed E-state index contributed by atoms with van der Waals surface area (Å²) in [6.45, 7) is 0.365. The van der Waals surface area contributed by atoms with Gasteiger partial charge >= 0.3 is 0 Å². The molecule has 3 N–H and O–H groups in total. The summed E-state index contributed by atoms with van der Waals surface area (Å²) in [5, 5.41) is 0. The number of amides is 1. The molecule has 0 saturated heterocycles. The zero-order valence-electron chi connectivity index (χ0n) is 9.76. The number of hydroxylamine groups is 1. The van der Waals surface area contributed by atoms with Crippen LogP contribution in [0.15, 0.2) is 30.3 Å². The van der Waals surface area contributed by atoms with Crippen molar-refractivity contribution in [3.63, 3.8) is 0 Å². The van der Waals surface area contributed by atoms with Gasteiger partial charge < -0.3 is 5.73 Å². The second kappa shape index (κ2) is 5.80. The summed E-state index contributed by atoms with van der Waals surface area (Å²) in [4.78, 5) is 16.7. The summed E-state index contributed by atoms with van der Waals surface area (Å²) in [6.07, 6.45) is 3.27. The van der Waals surface area contributed by atoms with Gasteiger partial charge in [0.25, 0.3) is 5.91 Å². The van der Waals surface area contributed by atoms with Crippen molar-refractivity contribution >= 4 is 5.91 Å². The third-order valence-electron chi connectivity index (χ3n) is 3.21. The molecule has 4 heteroatoms. The minimum atomic E-state index is -0.431. The lowest BCUT2D eigenvalue weighted by atomic mass is 9.80. The maximum Gasteiger partial charge on any atom is 0.260 e. The Kier molecular flexibility index (Phi) is 4.12. The number of carbonyl (C=O) groups is 1. The highest BCUT2D eigenvalue weighted by Crippen LogP contribution is 2.28. The molecule has 4 nitrogen and oxygen atoms in total. The third kappa shape index (κ3) is 3.28. The zero-order valence-corrected chi connectivity index (χ0v) is 9.76. The molecular formula is C13H18N2O2. The first-order valence-electron chi connectivity index (χ1n) is 5.98. The van der Waals surface area contributed by atoms with Crippen molar-refractivity contribution in [1.82, 2.24) is 5.48 Å². The Labute approximate surface area is 101 Å². The predicted octanol–water partition coefficient (Wildman–Crippen LogP) is 1.36. The van der Waals surface area contributed by atoms with Crippen LogP contribution in [0.5, 0.6) is 0 Å². The Balaban J connectivity index is 1.69. The lowest BCUT2D eigenvalue weighted by Crippen LogP contribution is -2.47. The van der Waals surface area contributed by atoms with Crippen LogP contribution in [0, 0.1) is 5.92 Å². The van der Waals surface area contributed by atoms with Crippen molar-refractivity contribution in [2.45, 2.75) is 31.9 Å². The molecule has 1 aromatic rings. The highest BCUT2D eigenvalue weighted by molar-refractivity contribution is 5.80. The summed E-state index contributed by atoms with van der Waals surface area (Å²) < 4.78 is 0. The summed E-state index contributed by atoms with van der Waals surface area (Å²) in [5.74, 6) is 0.112. The van der Waals surface area contributed by atoms with E-state index in [1.807, 2.05) is 30.3 Å². The van der Waals surface area contributed by atoms with E-state index in [2.05, 4.69) is 5.48 Å². The fourth-order valence-corrected chi connectivity index (χ4v) is 1.85. The van der Waals surface area contributed by atoms with Gasteiger partial charge in [0.05, 0.1) is 12.6 Å². The molecule has 2 rings (SSSR count). The average Bonchev–Trinajstić information content (AvgIpc) is 2.28. The molecule has 1 unspecified atom stereocenters. The molecule has 0 heterocycles. The molecule has 1 aliphatic rings. The molecule has 1 aliphatic carbocycles. The SMILES string of the molecule is NC(C(=O)NOCc1ccccc1)C1CCC1. The van der Waals surface area contributed by atoms with Crippen LogP contribution in [-0.4, -0.2) is 11.9 Å². The number of carbonyl (C=O) groups excluding carboxylic acids is 1. The van der Waals surface area contributed by atoms with Gasteiger partial charge in [-0.3, -0.25) is 9.63 Å². The van der Waals surface area contributed by atoms with Gasteiger partial charge in [-0.25, -0.2) is 5.48 Å². The Morgan fingerprint density at radius 2 is 2.12 bits per heavy atom. The quantitative estimate of drug-likeness (QED) is 0.756. The summed E-state index contributed by atoms with van der Waals surface area (Å²) in [6, 6.07) is 9.26. The summed E-state index contributed by atoms with van der Waals surface area (Å²) in [7, 11) is 0. The van der Waals surface area contributed by atoms with Gasteiger partial charge in [-0.2, -0.15) is 0 Å². The van der Waals surface area contributed by atoms with Crippen LogP contribution in [0.3, 0.4) is 0 Å². The lowest BCUT2D eigenvalue weighted by molar-refractivity contribution is -0.137. The van der Waals surface area contributed by atoms with Crippen molar-refractivity contribution in [1.29, 1.82) is 0 Å². The van der Waals surface area contributed by atoms with Crippen LogP contribution in [0.4, 0.5) is 0 Å². The van der Waals surface area contributed by atoms with E-state index in [0.29, 0.717) is 12.5 Å². The minimum absolute atomic E-state index is 0.217. The summed E-state index contributed by atoms with van der Waals surface area (Å²) in [5.41, 5.74) is 9.24. The van der Waals surface area contributed by atoms with E-state index in [9.17, 15) is 4.79 Å². The van der Waals surface area contributed by atoms with Gasteiger partial charge in [0, 0.05) is 0 Å². The molecule has 17 heavy (non-hydrogen) atoms. The molecule has 1 amide bonds. The molecule has 0 spiro atoms. The zero-order chi connectivity index (χ0) is 12.1. The number of hydrogen-bond acceptors (Lipinski definition) is 3. The minimum Gasteiger partial charge on any atom is -0.320 e. The normalized spacial score (nSPS) is 17.2. The average molecular weight is 234 g/mol. The van der Waals surface area contributed by atoms with Crippen molar-refractivity contribution in [3.8, 4) is 0 Å². The topological polar surface area (TPSA) is 64.4 Å².